The molecule has 3 heterocycles. The normalized spacial score (nSPS) is 17.0. The van der Waals surface area contributed by atoms with Gasteiger partial charge < -0.3 is 23.9 Å². The zero-order valence-electron chi connectivity index (χ0n) is 25.8. The number of aromatic nitrogens is 2. The average Bonchev–Trinajstić information content (AvgIpc) is 3.68. The molecule has 42 heavy (non-hydrogen) atoms. The summed E-state index contributed by atoms with van der Waals surface area (Å²) < 4.78 is 13.8. The topological polar surface area (TPSA) is 79.8 Å². The van der Waals surface area contributed by atoms with Crippen LogP contribution in [-0.2, 0) is 11.8 Å². The van der Waals surface area contributed by atoms with Crippen molar-refractivity contribution < 1.29 is 14.3 Å². The molecule has 1 aliphatic heterocycles. The Balaban J connectivity index is 1.21. The highest BCUT2D eigenvalue weighted by Gasteiger charge is 2.32. The third-order valence-electron chi connectivity index (χ3n) is 8.26. The van der Waals surface area contributed by atoms with E-state index in [0.29, 0.717) is 18.0 Å². The van der Waals surface area contributed by atoms with E-state index >= 15 is 0 Å². The summed E-state index contributed by atoms with van der Waals surface area (Å²) in [5.74, 6) is 3.13. The molecule has 2 aromatic heterocycles. The van der Waals surface area contributed by atoms with Crippen LogP contribution in [0.4, 0.5) is 4.79 Å². The van der Waals surface area contributed by atoms with Crippen LogP contribution in [0, 0.1) is 11.8 Å². The zero-order chi connectivity index (χ0) is 29.9. The third kappa shape index (κ3) is 7.53. The van der Waals surface area contributed by atoms with Crippen LogP contribution < -0.4 is 10.3 Å². The number of rotatable bonds is 11. The van der Waals surface area contributed by atoms with Crippen molar-refractivity contribution in [3.63, 3.8) is 0 Å². The summed E-state index contributed by atoms with van der Waals surface area (Å²) in [7, 11) is 1.80. The van der Waals surface area contributed by atoms with Crippen LogP contribution in [0.3, 0.4) is 0 Å². The number of aryl methyl sites for hydroxylation is 1. The van der Waals surface area contributed by atoms with Gasteiger partial charge in [-0.2, -0.15) is 0 Å². The predicted octanol–water partition coefficient (Wildman–Crippen LogP) is 6.38. The first-order valence-corrected chi connectivity index (χ1v) is 16.4. The van der Waals surface area contributed by atoms with Crippen LogP contribution in [0.5, 0.6) is 5.75 Å². The van der Waals surface area contributed by atoms with Gasteiger partial charge in [-0.1, -0.05) is 6.92 Å². The lowest BCUT2D eigenvalue weighted by Crippen LogP contribution is -2.50. The lowest BCUT2D eigenvalue weighted by Gasteiger charge is -2.35. The summed E-state index contributed by atoms with van der Waals surface area (Å²) >= 11 is 1.81. The van der Waals surface area contributed by atoms with Crippen molar-refractivity contribution in [3.8, 4) is 16.9 Å². The molecule has 1 aromatic carbocycles. The molecule has 1 aliphatic carbocycles. The standard InChI is InChI=1S/C33H46N4O4S/c1-6-42-25-11-12-29(27(20-25)28-21-35(5)31(38)30-26(28)13-14-34-30)40-22-24(23-9-10-23)8-7-15-36-16-18-37(19-17-36)32(39)41-33(2,3)4/h11-14,20-21,23-24,34H,6-10,15-19,22H2,1-5H3. The number of hydrogen-bond acceptors (Lipinski definition) is 6. The molecule has 1 atom stereocenters. The number of hydrogen-bond donors (Lipinski definition) is 1. The van der Waals surface area contributed by atoms with Gasteiger partial charge in [-0.25, -0.2) is 4.79 Å². The minimum atomic E-state index is -0.459. The van der Waals surface area contributed by atoms with E-state index in [2.05, 4.69) is 35.0 Å². The summed E-state index contributed by atoms with van der Waals surface area (Å²) in [6.07, 6.45) is 8.39. The molecule has 8 nitrogen and oxygen atoms in total. The molecule has 1 saturated heterocycles. The van der Waals surface area contributed by atoms with Crippen molar-refractivity contribution in [3.05, 3.63) is 47.0 Å². The van der Waals surface area contributed by atoms with Crippen molar-refractivity contribution >= 4 is 28.8 Å². The van der Waals surface area contributed by atoms with Crippen molar-refractivity contribution in [2.45, 2.75) is 63.9 Å². The second-order valence-corrected chi connectivity index (χ2v) is 14.0. The van der Waals surface area contributed by atoms with Crippen molar-refractivity contribution in [1.82, 2.24) is 19.4 Å². The summed E-state index contributed by atoms with van der Waals surface area (Å²) in [4.78, 5) is 33.7. The van der Waals surface area contributed by atoms with E-state index in [-0.39, 0.29) is 11.7 Å². The molecule has 0 spiro atoms. The Kier molecular flexibility index (Phi) is 9.57. The SMILES string of the molecule is CCSc1ccc(OCC(CCCN2CCN(C(=O)OC(C)(C)C)CC2)C2CC2)c(-c2cn(C)c(=O)c3[nH]ccc23)c1. The first kappa shape index (κ1) is 30.5. The molecular formula is C33H46N4O4S. The van der Waals surface area contributed by atoms with Crippen LogP contribution >= 0.6 is 11.8 Å². The van der Waals surface area contributed by atoms with Gasteiger partial charge in [-0.3, -0.25) is 9.69 Å². The highest BCUT2D eigenvalue weighted by Crippen LogP contribution is 2.41. The number of nitrogens with one attached hydrogen (secondary N) is 1. The first-order chi connectivity index (χ1) is 20.1. The van der Waals surface area contributed by atoms with Crippen LogP contribution in [-0.4, -0.2) is 76.1 Å². The summed E-state index contributed by atoms with van der Waals surface area (Å²) in [5.41, 5.74) is 2.18. The van der Waals surface area contributed by atoms with E-state index < -0.39 is 5.60 Å². The molecule has 228 valence electrons. The molecular weight excluding hydrogens is 548 g/mol. The van der Waals surface area contributed by atoms with E-state index in [4.69, 9.17) is 9.47 Å². The molecule has 9 heteroatoms. The van der Waals surface area contributed by atoms with E-state index in [1.165, 1.54) is 17.7 Å². The molecule has 1 amide bonds. The smallest absolute Gasteiger partial charge is 0.410 e. The number of carbonyl (C=O) groups excluding carboxylic acids is 1. The van der Waals surface area contributed by atoms with Crippen LogP contribution in [0.25, 0.3) is 22.0 Å². The fourth-order valence-corrected chi connectivity index (χ4v) is 6.56. The molecule has 2 aliphatic rings. The monoisotopic (exact) mass is 594 g/mol. The second-order valence-electron chi connectivity index (χ2n) is 12.7. The Bertz CT molecular complexity index is 1430. The number of ether oxygens (including phenoxy) is 2. The maximum absolute atomic E-state index is 12.7. The van der Waals surface area contributed by atoms with Gasteiger partial charge in [-0.15, -0.1) is 11.8 Å². The number of thioether (sulfide) groups is 1. The third-order valence-corrected chi connectivity index (χ3v) is 9.14. The van der Waals surface area contributed by atoms with E-state index in [1.54, 1.807) is 11.6 Å². The van der Waals surface area contributed by atoms with Crippen LogP contribution in [0.15, 0.2) is 46.3 Å². The minimum absolute atomic E-state index is 0.0274. The fraction of sp³-hybridized carbons (Fsp3) is 0.576. The van der Waals surface area contributed by atoms with Crippen LogP contribution in [0.2, 0.25) is 0 Å². The number of H-pyrrole nitrogens is 1. The highest BCUT2D eigenvalue weighted by atomic mass is 32.2. The molecule has 2 fully saturated rings. The van der Waals surface area contributed by atoms with Gasteiger partial charge in [0.1, 0.15) is 16.9 Å². The average molecular weight is 595 g/mol. The number of piperazine rings is 1. The molecule has 1 saturated carbocycles. The number of fused-ring (bicyclic) bond motifs is 1. The Morgan fingerprint density at radius 2 is 1.88 bits per heavy atom. The van der Waals surface area contributed by atoms with Gasteiger partial charge in [0.05, 0.1) is 6.61 Å². The lowest BCUT2D eigenvalue weighted by atomic mass is 9.98. The first-order valence-electron chi connectivity index (χ1n) is 15.4. The highest BCUT2D eigenvalue weighted by molar-refractivity contribution is 7.99. The largest absolute Gasteiger partial charge is 0.493 e. The van der Waals surface area contributed by atoms with Gasteiger partial charge in [0, 0.05) is 67.0 Å². The summed E-state index contributed by atoms with van der Waals surface area (Å²) in [6.45, 7) is 12.9. The number of amides is 1. The number of aromatic amines is 1. The molecule has 0 radical (unpaired) electrons. The predicted molar refractivity (Wildman–Crippen MR) is 171 cm³/mol. The number of carbonyl (C=O) groups is 1. The fourth-order valence-electron chi connectivity index (χ4n) is 5.86. The van der Waals surface area contributed by atoms with E-state index in [0.717, 1.165) is 79.5 Å². The lowest BCUT2D eigenvalue weighted by molar-refractivity contribution is 0.0142. The number of nitrogens with zero attached hydrogens (tertiary/aromatic N) is 3. The molecule has 0 bridgehead atoms. The Labute approximate surface area is 253 Å². The van der Waals surface area contributed by atoms with E-state index in [9.17, 15) is 9.59 Å². The number of pyridine rings is 1. The van der Waals surface area contributed by atoms with Crippen LogP contribution in [0.1, 0.15) is 53.4 Å². The molecule has 1 unspecified atom stereocenters. The van der Waals surface area contributed by atoms with Crippen molar-refractivity contribution in [2.75, 3.05) is 45.1 Å². The Hall–Kier alpha value is -2.91. The molecule has 5 rings (SSSR count). The summed E-state index contributed by atoms with van der Waals surface area (Å²) in [6, 6.07) is 8.44. The Morgan fingerprint density at radius 1 is 1.12 bits per heavy atom. The maximum atomic E-state index is 12.7. The molecule has 1 N–H and O–H groups in total. The van der Waals surface area contributed by atoms with Gasteiger partial charge in [0.15, 0.2) is 0 Å². The van der Waals surface area contributed by atoms with Gasteiger partial charge in [0.25, 0.3) is 5.56 Å². The number of benzene rings is 1. The van der Waals surface area contributed by atoms with E-state index in [1.807, 2.05) is 55.9 Å². The van der Waals surface area contributed by atoms with Crippen molar-refractivity contribution in [2.24, 2.45) is 18.9 Å². The van der Waals surface area contributed by atoms with Gasteiger partial charge in [0.2, 0.25) is 0 Å². The van der Waals surface area contributed by atoms with Crippen molar-refractivity contribution in [1.29, 1.82) is 0 Å². The second kappa shape index (κ2) is 13.2. The van der Waals surface area contributed by atoms with Gasteiger partial charge in [-0.05, 0) is 94.9 Å². The summed E-state index contributed by atoms with van der Waals surface area (Å²) in [5, 5.41) is 0.923. The zero-order valence-corrected chi connectivity index (χ0v) is 26.6. The minimum Gasteiger partial charge on any atom is -0.493 e. The van der Waals surface area contributed by atoms with Gasteiger partial charge >= 0.3 is 6.09 Å². The maximum Gasteiger partial charge on any atom is 0.410 e. The molecule has 3 aromatic rings. The Morgan fingerprint density at radius 3 is 2.57 bits per heavy atom. The quantitative estimate of drug-likeness (QED) is 0.260.